The Morgan fingerprint density at radius 2 is 1.65 bits per heavy atom. The van der Waals surface area contributed by atoms with Crippen LogP contribution in [0, 0.1) is 0 Å². The lowest BCUT2D eigenvalue weighted by Gasteiger charge is -2.46. The van der Waals surface area contributed by atoms with Gasteiger partial charge in [0.15, 0.2) is 0 Å². The van der Waals surface area contributed by atoms with Crippen molar-refractivity contribution in [2.75, 3.05) is 19.6 Å². The minimum Gasteiger partial charge on any atom is -0.329 e. The van der Waals surface area contributed by atoms with Crippen LogP contribution in [0.3, 0.4) is 0 Å². The summed E-state index contributed by atoms with van der Waals surface area (Å²) in [6.45, 7) is 7.93. The van der Waals surface area contributed by atoms with Crippen LogP contribution < -0.4 is 5.73 Å². The van der Waals surface area contributed by atoms with E-state index in [9.17, 15) is 0 Å². The lowest BCUT2D eigenvalue weighted by molar-refractivity contribution is 0.0551. The molecule has 0 bridgehead atoms. The third-order valence-corrected chi connectivity index (χ3v) is 4.36. The van der Waals surface area contributed by atoms with E-state index in [2.05, 4.69) is 18.7 Å². The second-order valence-corrected chi connectivity index (χ2v) is 5.68. The third kappa shape index (κ3) is 4.26. The molecule has 1 saturated carbocycles. The third-order valence-electron chi connectivity index (χ3n) is 4.36. The molecule has 102 valence electrons. The summed E-state index contributed by atoms with van der Waals surface area (Å²) in [5.41, 5.74) is 6.48. The van der Waals surface area contributed by atoms with Gasteiger partial charge in [-0.25, -0.2) is 0 Å². The zero-order valence-electron chi connectivity index (χ0n) is 12.0. The number of unbranched alkanes of at least 4 members (excludes halogenated alkanes) is 2. The topological polar surface area (TPSA) is 29.3 Å². The molecule has 0 radical (unpaired) electrons. The Kier molecular flexibility index (Phi) is 7.14. The summed E-state index contributed by atoms with van der Waals surface area (Å²) in [6, 6.07) is 0. The smallest absolute Gasteiger partial charge is 0.0331 e. The van der Waals surface area contributed by atoms with Gasteiger partial charge >= 0.3 is 0 Å². The van der Waals surface area contributed by atoms with Gasteiger partial charge in [-0.2, -0.15) is 0 Å². The van der Waals surface area contributed by atoms with E-state index in [4.69, 9.17) is 5.73 Å². The first-order valence-corrected chi connectivity index (χ1v) is 7.74. The van der Waals surface area contributed by atoms with Crippen molar-refractivity contribution in [1.82, 2.24) is 4.90 Å². The SMILES string of the molecule is CCCCCN(CCC)C1(CN)CCCCC1. The number of rotatable bonds is 8. The van der Waals surface area contributed by atoms with Gasteiger partial charge in [-0.05, 0) is 38.8 Å². The Labute approximate surface area is 108 Å². The number of hydrogen-bond donors (Lipinski definition) is 1. The predicted octanol–water partition coefficient (Wildman–Crippen LogP) is 3.55. The first kappa shape index (κ1) is 15.0. The molecule has 2 nitrogen and oxygen atoms in total. The summed E-state index contributed by atoms with van der Waals surface area (Å²) < 4.78 is 0. The highest BCUT2D eigenvalue weighted by Gasteiger charge is 2.35. The fourth-order valence-electron chi connectivity index (χ4n) is 3.27. The fourth-order valence-corrected chi connectivity index (χ4v) is 3.27. The molecular formula is C15H32N2. The molecule has 2 heteroatoms. The maximum absolute atomic E-state index is 6.13. The monoisotopic (exact) mass is 240 g/mol. The van der Waals surface area contributed by atoms with Crippen molar-refractivity contribution in [2.24, 2.45) is 5.73 Å². The maximum Gasteiger partial charge on any atom is 0.0331 e. The Morgan fingerprint density at radius 3 is 2.18 bits per heavy atom. The molecule has 0 spiro atoms. The Morgan fingerprint density at radius 1 is 0.941 bits per heavy atom. The lowest BCUT2D eigenvalue weighted by atomic mass is 9.80. The minimum atomic E-state index is 0.349. The first-order valence-electron chi connectivity index (χ1n) is 7.74. The van der Waals surface area contributed by atoms with Crippen LogP contribution in [0.25, 0.3) is 0 Å². The highest BCUT2D eigenvalue weighted by molar-refractivity contribution is 4.94. The molecule has 2 N–H and O–H groups in total. The van der Waals surface area contributed by atoms with Crippen LogP contribution >= 0.6 is 0 Å². The normalized spacial score (nSPS) is 19.8. The van der Waals surface area contributed by atoms with Crippen LogP contribution in [0.2, 0.25) is 0 Å². The van der Waals surface area contributed by atoms with Gasteiger partial charge in [-0.1, -0.05) is 46.0 Å². The number of hydrogen-bond acceptors (Lipinski definition) is 2. The van der Waals surface area contributed by atoms with E-state index in [-0.39, 0.29) is 0 Å². The van der Waals surface area contributed by atoms with Gasteiger partial charge in [-0.15, -0.1) is 0 Å². The van der Waals surface area contributed by atoms with Gasteiger partial charge in [0.1, 0.15) is 0 Å². The standard InChI is InChI=1S/C15H32N2/c1-3-5-9-13-17(12-4-2)15(14-16)10-7-6-8-11-15/h3-14,16H2,1-2H3. The number of nitrogens with zero attached hydrogens (tertiary/aromatic N) is 1. The first-order chi connectivity index (χ1) is 8.29. The van der Waals surface area contributed by atoms with Crippen LogP contribution in [-0.4, -0.2) is 30.1 Å². The minimum absolute atomic E-state index is 0.349. The summed E-state index contributed by atoms with van der Waals surface area (Å²) >= 11 is 0. The predicted molar refractivity (Wildman–Crippen MR) is 76.3 cm³/mol. The highest BCUT2D eigenvalue weighted by Crippen LogP contribution is 2.33. The van der Waals surface area contributed by atoms with Gasteiger partial charge in [0, 0.05) is 12.1 Å². The molecular weight excluding hydrogens is 208 g/mol. The van der Waals surface area contributed by atoms with Crippen molar-refractivity contribution in [2.45, 2.75) is 77.2 Å². The molecule has 0 atom stereocenters. The Bertz CT molecular complexity index is 185. The van der Waals surface area contributed by atoms with E-state index in [1.54, 1.807) is 0 Å². The number of nitrogens with two attached hydrogens (primary N) is 1. The van der Waals surface area contributed by atoms with E-state index in [0.717, 1.165) is 6.54 Å². The van der Waals surface area contributed by atoms with E-state index >= 15 is 0 Å². The Hall–Kier alpha value is -0.0800. The molecule has 17 heavy (non-hydrogen) atoms. The molecule has 0 aromatic heterocycles. The second kappa shape index (κ2) is 8.10. The molecule has 0 amide bonds. The highest BCUT2D eigenvalue weighted by atomic mass is 15.2. The van der Waals surface area contributed by atoms with Gasteiger partial charge in [0.05, 0.1) is 0 Å². The molecule has 0 saturated heterocycles. The van der Waals surface area contributed by atoms with Crippen molar-refractivity contribution < 1.29 is 0 Å². The summed E-state index contributed by atoms with van der Waals surface area (Å²) in [5, 5.41) is 0. The summed E-state index contributed by atoms with van der Waals surface area (Å²) in [7, 11) is 0. The molecule has 0 aromatic rings. The van der Waals surface area contributed by atoms with Crippen LogP contribution in [0.4, 0.5) is 0 Å². The molecule has 0 aliphatic heterocycles. The molecule has 0 aromatic carbocycles. The molecule has 0 heterocycles. The summed E-state index contributed by atoms with van der Waals surface area (Å²) in [4.78, 5) is 2.72. The summed E-state index contributed by atoms with van der Waals surface area (Å²) in [6.07, 6.45) is 12.1. The van der Waals surface area contributed by atoms with Gasteiger partial charge in [0.2, 0.25) is 0 Å². The van der Waals surface area contributed by atoms with Crippen molar-refractivity contribution >= 4 is 0 Å². The average molecular weight is 240 g/mol. The van der Waals surface area contributed by atoms with E-state index < -0.39 is 0 Å². The lowest BCUT2D eigenvalue weighted by Crippen LogP contribution is -2.55. The van der Waals surface area contributed by atoms with Gasteiger partial charge in [0.25, 0.3) is 0 Å². The van der Waals surface area contributed by atoms with Crippen LogP contribution in [0.5, 0.6) is 0 Å². The van der Waals surface area contributed by atoms with E-state index in [0.29, 0.717) is 5.54 Å². The van der Waals surface area contributed by atoms with Crippen LogP contribution in [0.1, 0.15) is 71.6 Å². The molecule has 1 aliphatic carbocycles. The van der Waals surface area contributed by atoms with Crippen molar-refractivity contribution in [3.63, 3.8) is 0 Å². The molecule has 0 unspecified atom stereocenters. The molecule has 1 fully saturated rings. The summed E-state index contributed by atoms with van der Waals surface area (Å²) in [5.74, 6) is 0. The fraction of sp³-hybridized carbons (Fsp3) is 1.00. The molecule has 1 aliphatic rings. The van der Waals surface area contributed by atoms with E-state index in [1.165, 1.54) is 70.9 Å². The quantitative estimate of drug-likeness (QED) is 0.657. The Balaban J connectivity index is 2.57. The average Bonchev–Trinajstić information content (AvgIpc) is 2.39. The molecule has 1 rings (SSSR count). The zero-order valence-corrected chi connectivity index (χ0v) is 12.0. The van der Waals surface area contributed by atoms with Gasteiger partial charge < -0.3 is 5.73 Å². The maximum atomic E-state index is 6.13. The van der Waals surface area contributed by atoms with Crippen LogP contribution in [-0.2, 0) is 0 Å². The van der Waals surface area contributed by atoms with E-state index in [1.807, 2.05) is 0 Å². The second-order valence-electron chi connectivity index (χ2n) is 5.68. The van der Waals surface area contributed by atoms with Crippen molar-refractivity contribution in [1.29, 1.82) is 0 Å². The largest absolute Gasteiger partial charge is 0.329 e. The van der Waals surface area contributed by atoms with Crippen molar-refractivity contribution in [3.8, 4) is 0 Å². The van der Waals surface area contributed by atoms with Gasteiger partial charge in [-0.3, -0.25) is 4.90 Å². The van der Waals surface area contributed by atoms with Crippen molar-refractivity contribution in [3.05, 3.63) is 0 Å². The zero-order chi connectivity index (χ0) is 12.6. The van der Waals surface area contributed by atoms with Crippen LogP contribution in [0.15, 0.2) is 0 Å².